The Balaban J connectivity index is 1.64. The smallest absolute Gasteiger partial charge is 0.416 e. The van der Waals surface area contributed by atoms with Crippen LogP contribution in [0.1, 0.15) is 46.1 Å². The predicted octanol–water partition coefficient (Wildman–Crippen LogP) is 4.35. The van der Waals surface area contributed by atoms with E-state index in [9.17, 15) is 23.1 Å². The first-order chi connectivity index (χ1) is 18.1. The van der Waals surface area contributed by atoms with Gasteiger partial charge >= 0.3 is 6.18 Å². The van der Waals surface area contributed by atoms with E-state index >= 15 is 0 Å². The van der Waals surface area contributed by atoms with Crippen LogP contribution >= 0.6 is 0 Å². The van der Waals surface area contributed by atoms with Gasteiger partial charge in [-0.1, -0.05) is 6.07 Å². The highest BCUT2D eigenvalue weighted by atomic mass is 19.4. The van der Waals surface area contributed by atoms with Crippen LogP contribution in [0.5, 0.6) is 5.88 Å². The molecule has 1 unspecified atom stereocenters. The number of aliphatic hydroxyl groups excluding tert-OH is 2. The Bertz CT molecular complexity index is 1280. The van der Waals surface area contributed by atoms with Gasteiger partial charge in [-0.3, -0.25) is 9.78 Å². The van der Waals surface area contributed by atoms with Crippen LogP contribution in [0.2, 0.25) is 0 Å². The second kappa shape index (κ2) is 11.9. The van der Waals surface area contributed by atoms with Gasteiger partial charge in [0, 0.05) is 42.8 Å². The lowest BCUT2D eigenvalue weighted by Crippen LogP contribution is -2.22. The first-order valence-corrected chi connectivity index (χ1v) is 12.1. The van der Waals surface area contributed by atoms with E-state index in [1.165, 1.54) is 0 Å². The lowest BCUT2D eigenvalue weighted by molar-refractivity contribution is -0.137. The van der Waals surface area contributed by atoms with Gasteiger partial charge in [-0.25, -0.2) is 4.98 Å². The summed E-state index contributed by atoms with van der Waals surface area (Å²) in [6, 6.07) is 10.3. The maximum Gasteiger partial charge on any atom is 0.416 e. The van der Waals surface area contributed by atoms with Crippen molar-refractivity contribution in [2.24, 2.45) is 0 Å². The van der Waals surface area contributed by atoms with E-state index in [-0.39, 0.29) is 24.1 Å². The number of carbonyl (C=O) groups excluding carboxylic acids is 1. The molecule has 1 amide bonds. The Morgan fingerprint density at radius 3 is 2.66 bits per heavy atom. The molecule has 4 rings (SSSR count). The second-order valence-electron chi connectivity index (χ2n) is 9.06. The fraction of sp³-hybridized carbons (Fsp3) is 0.370. The first-order valence-electron chi connectivity index (χ1n) is 12.1. The van der Waals surface area contributed by atoms with Crippen LogP contribution in [-0.4, -0.2) is 58.6 Å². The molecule has 38 heavy (non-hydrogen) atoms. The molecule has 1 atom stereocenters. The Hall–Kier alpha value is -3.54. The topological polar surface area (TPSA) is 114 Å². The SMILES string of the molecule is Cc1ccc(NC(=O)c2cc(C(F)(F)F)ccn2)cc1-c1cc(OCC(O)CO)nc(C2CCOCC2)c1. The zero-order chi connectivity index (χ0) is 27.3. The number of alkyl halides is 3. The van der Waals surface area contributed by atoms with Crippen molar-refractivity contribution in [2.75, 3.05) is 31.7 Å². The van der Waals surface area contributed by atoms with Crippen LogP contribution in [0, 0.1) is 6.92 Å². The number of anilines is 1. The molecular weight excluding hydrogens is 503 g/mol. The summed E-state index contributed by atoms with van der Waals surface area (Å²) >= 11 is 0. The molecule has 1 saturated heterocycles. The molecule has 0 radical (unpaired) electrons. The fourth-order valence-corrected chi connectivity index (χ4v) is 4.13. The Morgan fingerprint density at radius 2 is 1.95 bits per heavy atom. The molecule has 2 aromatic heterocycles. The molecule has 0 aliphatic carbocycles. The number of hydrogen-bond acceptors (Lipinski definition) is 7. The number of aliphatic hydroxyl groups is 2. The van der Waals surface area contributed by atoms with Gasteiger partial charge in [0.1, 0.15) is 18.4 Å². The molecule has 0 spiro atoms. The first kappa shape index (κ1) is 27.5. The quantitative estimate of drug-likeness (QED) is 0.396. The summed E-state index contributed by atoms with van der Waals surface area (Å²) < 4.78 is 50.3. The number of carbonyl (C=O) groups is 1. The van der Waals surface area contributed by atoms with Crippen LogP contribution in [-0.2, 0) is 10.9 Å². The Labute approximate surface area is 217 Å². The fourth-order valence-electron chi connectivity index (χ4n) is 4.13. The average Bonchev–Trinajstić information content (AvgIpc) is 2.92. The average molecular weight is 532 g/mol. The number of halogens is 3. The number of aromatic nitrogens is 2. The van der Waals surface area contributed by atoms with Gasteiger partial charge in [-0.05, 0) is 66.8 Å². The Kier molecular flexibility index (Phi) is 8.60. The van der Waals surface area contributed by atoms with Crippen LogP contribution < -0.4 is 10.1 Å². The van der Waals surface area contributed by atoms with Crippen LogP contribution in [0.4, 0.5) is 18.9 Å². The normalized spacial score (nSPS) is 15.2. The third-order valence-corrected chi connectivity index (χ3v) is 6.22. The van der Waals surface area contributed by atoms with Gasteiger partial charge in [-0.2, -0.15) is 13.2 Å². The van der Waals surface area contributed by atoms with E-state index in [0.29, 0.717) is 25.0 Å². The molecule has 3 heterocycles. The third kappa shape index (κ3) is 6.85. The lowest BCUT2D eigenvalue weighted by atomic mass is 9.92. The van der Waals surface area contributed by atoms with Crippen molar-refractivity contribution in [2.45, 2.75) is 38.0 Å². The van der Waals surface area contributed by atoms with Crippen LogP contribution in [0.3, 0.4) is 0 Å². The zero-order valence-corrected chi connectivity index (χ0v) is 20.7. The van der Waals surface area contributed by atoms with Crippen molar-refractivity contribution in [1.82, 2.24) is 9.97 Å². The molecule has 0 bridgehead atoms. The molecule has 1 fully saturated rings. The van der Waals surface area contributed by atoms with Crippen molar-refractivity contribution >= 4 is 11.6 Å². The molecule has 3 aromatic rings. The molecule has 3 N–H and O–H groups in total. The number of rotatable bonds is 8. The van der Waals surface area contributed by atoms with Crippen molar-refractivity contribution in [1.29, 1.82) is 0 Å². The summed E-state index contributed by atoms with van der Waals surface area (Å²) in [5, 5.41) is 21.5. The maximum absolute atomic E-state index is 13.1. The molecule has 1 aromatic carbocycles. The van der Waals surface area contributed by atoms with Gasteiger partial charge in [-0.15, -0.1) is 0 Å². The maximum atomic E-state index is 13.1. The number of pyridine rings is 2. The number of nitrogens with zero attached hydrogens (tertiary/aromatic N) is 2. The summed E-state index contributed by atoms with van der Waals surface area (Å²) in [6.07, 6.45) is -3.13. The molecule has 11 heteroatoms. The third-order valence-electron chi connectivity index (χ3n) is 6.22. The van der Waals surface area contributed by atoms with Gasteiger partial charge in [0.15, 0.2) is 0 Å². The summed E-state index contributed by atoms with van der Waals surface area (Å²) in [5.74, 6) is -0.354. The van der Waals surface area contributed by atoms with Crippen molar-refractivity contribution < 1.29 is 37.7 Å². The summed E-state index contributed by atoms with van der Waals surface area (Å²) in [6.45, 7) is 2.52. The van der Waals surface area contributed by atoms with Gasteiger partial charge in [0.05, 0.1) is 12.2 Å². The van der Waals surface area contributed by atoms with E-state index in [2.05, 4.69) is 15.3 Å². The molecule has 202 valence electrons. The molecular formula is C27H28F3N3O5. The standard InChI is InChI=1S/C27H28F3N3O5/c1-16-2-3-20(32-26(36)24-12-19(4-7-31-24)27(28,29)30)13-22(16)18-10-23(17-5-8-37-9-6-17)33-25(11-18)38-15-21(35)14-34/h2-4,7,10-13,17,21,34-35H,5-6,8-9,14-15H2,1H3,(H,32,36). The van der Waals surface area contributed by atoms with E-state index in [0.717, 1.165) is 47.5 Å². The molecule has 1 aliphatic heterocycles. The highest BCUT2D eigenvalue weighted by Crippen LogP contribution is 2.34. The van der Waals surface area contributed by atoms with Gasteiger partial charge in [0.2, 0.25) is 5.88 Å². The molecule has 1 aliphatic rings. The van der Waals surface area contributed by atoms with Gasteiger partial charge in [0.25, 0.3) is 5.91 Å². The van der Waals surface area contributed by atoms with Crippen molar-refractivity contribution in [3.05, 3.63) is 71.2 Å². The highest BCUT2D eigenvalue weighted by molar-refractivity contribution is 6.03. The van der Waals surface area contributed by atoms with Crippen molar-refractivity contribution in [3.8, 4) is 17.0 Å². The lowest BCUT2D eigenvalue weighted by Gasteiger charge is -2.23. The van der Waals surface area contributed by atoms with E-state index in [4.69, 9.17) is 14.6 Å². The van der Waals surface area contributed by atoms with Crippen LogP contribution in [0.25, 0.3) is 11.1 Å². The number of aryl methyl sites for hydroxylation is 1. The number of amides is 1. The number of hydrogen-bond donors (Lipinski definition) is 3. The molecule has 0 saturated carbocycles. The monoisotopic (exact) mass is 531 g/mol. The van der Waals surface area contributed by atoms with E-state index in [1.54, 1.807) is 24.3 Å². The number of ether oxygens (including phenoxy) is 2. The minimum absolute atomic E-state index is 0.140. The second-order valence-corrected chi connectivity index (χ2v) is 9.06. The van der Waals surface area contributed by atoms with E-state index in [1.807, 2.05) is 13.0 Å². The minimum Gasteiger partial charge on any atom is -0.475 e. The summed E-state index contributed by atoms with van der Waals surface area (Å²) in [5.41, 5.74) is 2.23. The number of nitrogens with one attached hydrogen (secondary N) is 1. The zero-order valence-electron chi connectivity index (χ0n) is 20.7. The largest absolute Gasteiger partial charge is 0.475 e. The minimum atomic E-state index is -4.59. The van der Waals surface area contributed by atoms with E-state index < -0.39 is 30.4 Å². The molecule has 8 nitrogen and oxygen atoms in total. The van der Waals surface area contributed by atoms with Gasteiger partial charge < -0.3 is 25.0 Å². The summed E-state index contributed by atoms with van der Waals surface area (Å²) in [4.78, 5) is 21.1. The summed E-state index contributed by atoms with van der Waals surface area (Å²) in [7, 11) is 0. The number of benzene rings is 1. The predicted molar refractivity (Wildman–Crippen MR) is 133 cm³/mol. The van der Waals surface area contributed by atoms with Crippen molar-refractivity contribution in [3.63, 3.8) is 0 Å². The Morgan fingerprint density at radius 1 is 1.18 bits per heavy atom. The highest BCUT2D eigenvalue weighted by Gasteiger charge is 2.31. The van der Waals surface area contributed by atoms with Crippen LogP contribution in [0.15, 0.2) is 48.7 Å².